The molecule has 17 heavy (non-hydrogen) atoms. The monoisotopic (exact) mass is 249 g/mol. The van der Waals surface area contributed by atoms with Crippen LogP contribution in [0.1, 0.15) is 0 Å². The van der Waals surface area contributed by atoms with Gasteiger partial charge in [0, 0.05) is 25.2 Å². The molecule has 1 radical (unpaired) electrons. The fourth-order valence-corrected chi connectivity index (χ4v) is 2.34. The molecule has 0 saturated heterocycles. The van der Waals surface area contributed by atoms with Crippen molar-refractivity contribution < 1.29 is 8.42 Å². The van der Waals surface area contributed by atoms with E-state index in [-0.39, 0.29) is 4.90 Å². The summed E-state index contributed by atoms with van der Waals surface area (Å²) in [5.74, 6) is 0. The number of anilines is 1. The Kier molecular flexibility index (Phi) is 2.81. The Labute approximate surface area is 101 Å². The summed E-state index contributed by atoms with van der Waals surface area (Å²) in [5.41, 5.74) is 0.800. The summed E-state index contributed by atoms with van der Waals surface area (Å²) in [7, 11) is -0.228. The minimum atomic E-state index is -3.93. The van der Waals surface area contributed by atoms with Crippen LogP contribution in [0, 0.1) is 0 Å². The predicted octanol–water partition coefficient (Wildman–Crippen LogP) is 1.88. The Hall–Kier alpha value is -1.59. The second-order valence-corrected chi connectivity index (χ2v) is 5.54. The third kappa shape index (κ3) is 2.25. The van der Waals surface area contributed by atoms with E-state index in [2.05, 4.69) is 0 Å². The molecule has 2 aromatic carbocycles. The number of sulfonamides is 1. The van der Waals surface area contributed by atoms with E-state index in [1.807, 2.05) is 43.3 Å². The molecule has 0 atom stereocenters. The van der Waals surface area contributed by atoms with Crippen molar-refractivity contribution >= 4 is 26.5 Å². The summed E-state index contributed by atoms with van der Waals surface area (Å²) < 4.78 is 22.6. The molecule has 2 rings (SSSR count). The highest BCUT2D eigenvalue weighted by Gasteiger charge is 2.13. The number of fused-ring (bicyclic) bond motifs is 1. The largest absolute Gasteiger partial charge is 0.377 e. The number of benzene rings is 2. The smallest absolute Gasteiger partial charge is 0.254 e. The molecule has 89 valence electrons. The molecule has 0 aliphatic carbocycles. The van der Waals surface area contributed by atoms with E-state index in [1.165, 1.54) is 12.1 Å². The number of hydrogen-bond donors (Lipinski definition) is 0. The molecule has 0 bridgehead atoms. The van der Waals surface area contributed by atoms with Gasteiger partial charge in [-0.05, 0) is 17.5 Å². The molecular weight excluding hydrogens is 236 g/mol. The number of nitrogens with zero attached hydrogens (tertiary/aromatic N) is 1. The predicted molar refractivity (Wildman–Crippen MR) is 68.6 cm³/mol. The van der Waals surface area contributed by atoms with Crippen LogP contribution in [0.4, 0.5) is 5.69 Å². The Morgan fingerprint density at radius 2 is 1.76 bits per heavy atom. The molecule has 1 N–H and O–H groups in total. The van der Waals surface area contributed by atoms with Crippen LogP contribution in [0.3, 0.4) is 0 Å². The fraction of sp³-hybridized carbons (Fsp3) is 0.167. The Bertz CT molecular complexity index is 663. The van der Waals surface area contributed by atoms with Gasteiger partial charge < -0.3 is 4.90 Å². The second kappa shape index (κ2) is 4.01. The molecule has 4 nitrogen and oxygen atoms in total. The van der Waals surface area contributed by atoms with Gasteiger partial charge >= 0.3 is 0 Å². The highest BCUT2D eigenvalue weighted by atomic mass is 32.2. The zero-order chi connectivity index (χ0) is 12.6. The van der Waals surface area contributed by atoms with E-state index in [1.54, 1.807) is 0 Å². The summed E-state index contributed by atoms with van der Waals surface area (Å²) in [4.78, 5) is 1.87. The first-order valence-corrected chi connectivity index (χ1v) is 6.57. The van der Waals surface area contributed by atoms with Crippen LogP contribution in [0.2, 0.25) is 0 Å². The molecular formula is C12H13N2O2S. The first kappa shape index (κ1) is 11.9. The number of hydrogen-bond acceptors (Lipinski definition) is 3. The molecule has 0 aromatic heterocycles. The average Bonchev–Trinajstić information content (AvgIpc) is 2.26. The van der Waals surface area contributed by atoms with E-state index in [0.29, 0.717) is 0 Å². The number of nitrogens with one attached hydrogen (secondary N) is 1. The minimum Gasteiger partial charge on any atom is -0.377 e. The van der Waals surface area contributed by atoms with Crippen LogP contribution in [0.15, 0.2) is 41.3 Å². The summed E-state index contributed by atoms with van der Waals surface area (Å²) in [6, 6.07) is 10.6. The molecule has 0 aliphatic rings. The van der Waals surface area contributed by atoms with Crippen LogP contribution < -0.4 is 10.0 Å². The maximum atomic E-state index is 11.3. The van der Waals surface area contributed by atoms with Gasteiger partial charge in [-0.3, -0.25) is 0 Å². The summed E-state index contributed by atoms with van der Waals surface area (Å²) in [6.07, 6.45) is 0. The standard InChI is InChI=1S/C12H13N2O2S/c1-14(2)12-8-10(17(13,15)16)7-9-5-3-4-6-11(9)12/h3-8,13H,1-2H3. The fourth-order valence-electron chi connectivity index (χ4n) is 1.79. The molecule has 5 heteroatoms. The van der Waals surface area contributed by atoms with E-state index in [4.69, 9.17) is 5.14 Å². The van der Waals surface area contributed by atoms with Crippen molar-refractivity contribution in [2.24, 2.45) is 0 Å². The van der Waals surface area contributed by atoms with Crippen molar-refractivity contribution in [1.29, 1.82) is 0 Å². The van der Waals surface area contributed by atoms with Crippen molar-refractivity contribution in [1.82, 2.24) is 5.14 Å². The quantitative estimate of drug-likeness (QED) is 0.816. The Morgan fingerprint density at radius 3 is 2.35 bits per heavy atom. The molecule has 2 aromatic rings. The van der Waals surface area contributed by atoms with Crippen molar-refractivity contribution in [3.8, 4) is 0 Å². The van der Waals surface area contributed by atoms with Gasteiger partial charge in [0.2, 0.25) is 0 Å². The molecule has 0 fully saturated rings. The summed E-state index contributed by atoms with van der Waals surface area (Å²) in [6.45, 7) is 0. The van der Waals surface area contributed by atoms with Crippen LogP contribution in [0.5, 0.6) is 0 Å². The lowest BCUT2D eigenvalue weighted by Gasteiger charge is -2.16. The second-order valence-electron chi connectivity index (χ2n) is 4.06. The SMILES string of the molecule is CN(C)c1cc(S([NH])(=O)=O)cc2ccccc12. The van der Waals surface area contributed by atoms with Gasteiger partial charge in [0.25, 0.3) is 10.0 Å². The summed E-state index contributed by atoms with van der Waals surface area (Å²) in [5, 5.41) is 8.94. The highest BCUT2D eigenvalue weighted by Crippen LogP contribution is 2.29. The average molecular weight is 249 g/mol. The maximum Gasteiger partial charge on any atom is 0.254 e. The van der Waals surface area contributed by atoms with E-state index >= 15 is 0 Å². The van der Waals surface area contributed by atoms with Gasteiger partial charge in [0.1, 0.15) is 0 Å². The van der Waals surface area contributed by atoms with Crippen LogP contribution in [-0.4, -0.2) is 22.5 Å². The zero-order valence-corrected chi connectivity index (χ0v) is 10.5. The third-order valence-electron chi connectivity index (χ3n) is 2.61. The van der Waals surface area contributed by atoms with Crippen molar-refractivity contribution in [3.05, 3.63) is 36.4 Å². The zero-order valence-electron chi connectivity index (χ0n) is 9.64. The Balaban J connectivity index is 2.86. The van der Waals surface area contributed by atoms with E-state index < -0.39 is 10.0 Å². The van der Waals surface area contributed by atoms with Crippen molar-refractivity contribution in [2.75, 3.05) is 19.0 Å². The first-order chi connectivity index (χ1) is 7.89. The van der Waals surface area contributed by atoms with Gasteiger partial charge in [-0.25, -0.2) is 8.42 Å². The normalized spacial score (nSPS) is 11.7. The van der Waals surface area contributed by atoms with Gasteiger partial charge in [0.05, 0.1) is 4.90 Å². The molecule has 0 spiro atoms. The third-order valence-corrected chi connectivity index (χ3v) is 3.46. The lowest BCUT2D eigenvalue weighted by Crippen LogP contribution is -2.11. The highest BCUT2D eigenvalue weighted by molar-refractivity contribution is 7.88. The molecule has 0 heterocycles. The minimum absolute atomic E-state index is 0.0277. The molecule has 0 saturated carbocycles. The van der Waals surface area contributed by atoms with E-state index in [0.717, 1.165) is 16.5 Å². The first-order valence-electron chi connectivity index (χ1n) is 5.09. The molecule has 0 aliphatic heterocycles. The lowest BCUT2D eigenvalue weighted by molar-refractivity contribution is 0.596. The molecule has 0 amide bonds. The van der Waals surface area contributed by atoms with Crippen LogP contribution >= 0.6 is 0 Å². The maximum absolute atomic E-state index is 11.3. The van der Waals surface area contributed by atoms with Crippen molar-refractivity contribution in [3.63, 3.8) is 0 Å². The van der Waals surface area contributed by atoms with Crippen molar-refractivity contribution in [2.45, 2.75) is 4.90 Å². The Morgan fingerprint density at radius 1 is 1.12 bits per heavy atom. The van der Waals surface area contributed by atoms with E-state index in [9.17, 15) is 8.42 Å². The number of rotatable bonds is 2. The van der Waals surface area contributed by atoms with Gasteiger partial charge in [-0.1, -0.05) is 24.3 Å². The van der Waals surface area contributed by atoms with Gasteiger partial charge in [0.15, 0.2) is 0 Å². The van der Waals surface area contributed by atoms with Gasteiger partial charge in [-0.15, -0.1) is 5.14 Å². The topological polar surface area (TPSA) is 61.2 Å². The van der Waals surface area contributed by atoms with Crippen LogP contribution in [0.25, 0.3) is 10.8 Å². The summed E-state index contributed by atoms with van der Waals surface area (Å²) >= 11 is 0. The van der Waals surface area contributed by atoms with Crippen LogP contribution in [-0.2, 0) is 10.0 Å². The lowest BCUT2D eigenvalue weighted by atomic mass is 10.1. The molecule has 0 unspecified atom stereocenters. The van der Waals surface area contributed by atoms with Gasteiger partial charge in [-0.2, -0.15) is 0 Å².